The summed E-state index contributed by atoms with van der Waals surface area (Å²) >= 11 is 0. The highest BCUT2D eigenvalue weighted by Gasteiger charge is 2.04. The molecule has 0 saturated carbocycles. The molecular weight excluding hydrogens is 240 g/mol. The van der Waals surface area contributed by atoms with Crippen LogP contribution in [0.3, 0.4) is 0 Å². The van der Waals surface area contributed by atoms with Gasteiger partial charge in [0.2, 0.25) is 5.91 Å². The first-order valence-corrected chi connectivity index (χ1v) is 5.83. The molecule has 0 bridgehead atoms. The van der Waals surface area contributed by atoms with Gasteiger partial charge in [-0.05, 0) is 5.92 Å². The average molecular weight is 257 g/mol. The molecule has 0 aromatic heterocycles. The molecule has 3 nitrogen and oxygen atoms in total. The van der Waals surface area contributed by atoms with Crippen LogP contribution in [0.25, 0.3) is 0 Å². The minimum absolute atomic E-state index is 0.0565. The molecule has 1 aromatic rings. The second kappa shape index (κ2) is 6.93. The van der Waals surface area contributed by atoms with Gasteiger partial charge in [-0.15, -0.1) is 0 Å². The van der Waals surface area contributed by atoms with Crippen molar-refractivity contribution in [3.8, 4) is 5.75 Å². The van der Waals surface area contributed by atoms with Crippen molar-refractivity contribution in [1.82, 2.24) is 5.32 Å². The molecule has 0 saturated heterocycles. The van der Waals surface area contributed by atoms with E-state index in [0.717, 1.165) is 18.2 Å². The maximum Gasteiger partial charge on any atom is 0.220 e. The lowest BCUT2D eigenvalue weighted by Crippen LogP contribution is -2.28. The first-order chi connectivity index (χ1) is 8.47. The SMILES string of the molecule is CC(C)CC(=O)NCCOc1cc(F)cc(F)c1. The van der Waals surface area contributed by atoms with E-state index >= 15 is 0 Å². The number of carbonyl (C=O) groups excluding carboxylic acids is 1. The number of halogens is 2. The summed E-state index contributed by atoms with van der Waals surface area (Å²) in [5, 5.41) is 2.66. The van der Waals surface area contributed by atoms with Crippen molar-refractivity contribution in [3.05, 3.63) is 29.8 Å². The van der Waals surface area contributed by atoms with Crippen LogP contribution < -0.4 is 10.1 Å². The number of hydrogen-bond acceptors (Lipinski definition) is 2. The predicted octanol–water partition coefficient (Wildman–Crippen LogP) is 2.51. The van der Waals surface area contributed by atoms with Gasteiger partial charge in [-0.3, -0.25) is 4.79 Å². The number of amides is 1. The van der Waals surface area contributed by atoms with Crippen molar-refractivity contribution < 1.29 is 18.3 Å². The van der Waals surface area contributed by atoms with Gasteiger partial charge in [-0.1, -0.05) is 13.8 Å². The van der Waals surface area contributed by atoms with Gasteiger partial charge in [0.1, 0.15) is 24.0 Å². The average Bonchev–Trinajstić information content (AvgIpc) is 2.22. The van der Waals surface area contributed by atoms with Crippen molar-refractivity contribution in [2.75, 3.05) is 13.2 Å². The van der Waals surface area contributed by atoms with Crippen LogP contribution in [0.4, 0.5) is 8.78 Å². The normalized spacial score (nSPS) is 10.5. The summed E-state index contributed by atoms with van der Waals surface area (Å²) in [7, 11) is 0. The van der Waals surface area contributed by atoms with Gasteiger partial charge < -0.3 is 10.1 Å². The number of carbonyl (C=O) groups is 1. The lowest BCUT2D eigenvalue weighted by Gasteiger charge is -2.09. The molecular formula is C13H17F2NO2. The summed E-state index contributed by atoms with van der Waals surface area (Å²) in [6.07, 6.45) is 0.453. The zero-order valence-electron chi connectivity index (χ0n) is 10.5. The molecule has 5 heteroatoms. The fourth-order valence-corrected chi connectivity index (χ4v) is 1.41. The van der Waals surface area contributed by atoms with Crippen molar-refractivity contribution in [2.24, 2.45) is 5.92 Å². The van der Waals surface area contributed by atoms with Gasteiger partial charge in [-0.25, -0.2) is 8.78 Å². The van der Waals surface area contributed by atoms with Crippen LogP contribution in [-0.2, 0) is 4.79 Å². The molecule has 0 spiro atoms. The third-order valence-electron chi connectivity index (χ3n) is 2.12. The number of benzene rings is 1. The Balaban J connectivity index is 2.27. The maximum atomic E-state index is 12.8. The summed E-state index contributed by atoms with van der Waals surface area (Å²) in [4.78, 5) is 11.3. The van der Waals surface area contributed by atoms with Crippen molar-refractivity contribution in [2.45, 2.75) is 20.3 Å². The van der Waals surface area contributed by atoms with E-state index < -0.39 is 11.6 Å². The molecule has 0 aliphatic carbocycles. The van der Waals surface area contributed by atoms with Crippen LogP contribution in [-0.4, -0.2) is 19.1 Å². The fraction of sp³-hybridized carbons (Fsp3) is 0.462. The second-order valence-corrected chi connectivity index (χ2v) is 4.40. The third kappa shape index (κ3) is 5.61. The highest BCUT2D eigenvalue weighted by atomic mass is 19.1. The molecule has 1 rings (SSSR count). The van der Waals surface area contributed by atoms with Crippen LogP contribution >= 0.6 is 0 Å². The van der Waals surface area contributed by atoms with E-state index in [9.17, 15) is 13.6 Å². The van der Waals surface area contributed by atoms with Gasteiger partial charge in [0.25, 0.3) is 0 Å². The third-order valence-corrected chi connectivity index (χ3v) is 2.12. The topological polar surface area (TPSA) is 38.3 Å². The van der Waals surface area contributed by atoms with Crippen LogP contribution in [0.1, 0.15) is 20.3 Å². The molecule has 0 aliphatic heterocycles. The summed E-state index contributed by atoms with van der Waals surface area (Å²) in [6, 6.07) is 2.97. The Kier molecular flexibility index (Phi) is 5.55. The van der Waals surface area contributed by atoms with E-state index in [-0.39, 0.29) is 18.3 Å². The van der Waals surface area contributed by atoms with E-state index in [4.69, 9.17) is 4.74 Å². The number of hydrogen-bond donors (Lipinski definition) is 1. The maximum absolute atomic E-state index is 12.8. The Bertz CT molecular complexity index is 388. The van der Waals surface area contributed by atoms with Gasteiger partial charge in [0.05, 0.1) is 6.54 Å². The minimum atomic E-state index is -0.686. The molecule has 0 unspecified atom stereocenters. The Morgan fingerprint density at radius 1 is 1.28 bits per heavy atom. The van der Waals surface area contributed by atoms with Crippen LogP contribution in [0, 0.1) is 17.6 Å². The minimum Gasteiger partial charge on any atom is -0.492 e. The molecule has 1 N–H and O–H groups in total. The van der Waals surface area contributed by atoms with Gasteiger partial charge >= 0.3 is 0 Å². The first kappa shape index (κ1) is 14.4. The van der Waals surface area contributed by atoms with E-state index in [2.05, 4.69) is 5.32 Å². The Hall–Kier alpha value is -1.65. The highest BCUT2D eigenvalue weighted by molar-refractivity contribution is 5.75. The van der Waals surface area contributed by atoms with Gasteiger partial charge in [0.15, 0.2) is 0 Å². The van der Waals surface area contributed by atoms with E-state index in [1.165, 1.54) is 0 Å². The van der Waals surface area contributed by atoms with Crippen LogP contribution in [0.2, 0.25) is 0 Å². The quantitative estimate of drug-likeness (QED) is 0.795. The fourth-order valence-electron chi connectivity index (χ4n) is 1.41. The Labute approximate surface area is 105 Å². The molecule has 0 fully saturated rings. The zero-order chi connectivity index (χ0) is 13.5. The number of rotatable bonds is 6. The predicted molar refractivity (Wildman–Crippen MR) is 64.3 cm³/mol. The molecule has 18 heavy (non-hydrogen) atoms. The molecule has 1 aromatic carbocycles. The molecule has 1 amide bonds. The Morgan fingerprint density at radius 3 is 2.44 bits per heavy atom. The molecule has 0 aliphatic rings. The smallest absolute Gasteiger partial charge is 0.220 e. The number of nitrogens with one attached hydrogen (secondary N) is 1. The summed E-state index contributed by atoms with van der Waals surface area (Å²) in [5.74, 6) is -1.02. The summed E-state index contributed by atoms with van der Waals surface area (Å²) in [6.45, 7) is 4.38. The van der Waals surface area contributed by atoms with Crippen molar-refractivity contribution in [1.29, 1.82) is 0 Å². The van der Waals surface area contributed by atoms with Gasteiger partial charge in [0, 0.05) is 24.6 Å². The first-order valence-electron chi connectivity index (χ1n) is 5.83. The summed E-state index contributed by atoms with van der Waals surface area (Å²) < 4.78 is 30.8. The molecule has 0 atom stereocenters. The summed E-state index contributed by atoms with van der Waals surface area (Å²) in [5.41, 5.74) is 0. The second-order valence-electron chi connectivity index (χ2n) is 4.40. The zero-order valence-corrected chi connectivity index (χ0v) is 10.5. The van der Waals surface area contributed by atoms with Crippen LogP contribution in [0.15, 0.2) is 18.2 Å². The largest absolute Gasteiger partial charge is 0.492 e. The van der Waals surface area contributed by atoms with E-state index in [1.54, 1.807) is 0 Å². The van der Waals surface area contributed by atoms with Crippen molar-refractivity contribution in [3.63, 3.8) is 0 Å². The van der Waals surface area contributed by atoms with Crippen LogP contribution in [0.5, 0.6) is 5.75 Å². The number of ether oxygens (including phenoxy) is 1. The molecule has 0 heterocycles. The Morgan fingerprint density at radius 2 is 1.89 bits per heavy atom. The molecule has 0 radical (unpaired) electrons. The monoisotopic (exact) mass is 257 g/mol. The standard InChI is InChI=1S/C13H17F2NO2/c1-9(2)5-13(17)16-3-4-18-12-7-10(14)6-11(15)8-12/h6-9H,3-5H2,1-2H3,(H,16,17). The lowest BCUT2D eigenvalue weighted by atomic mass is 10.1. The van der Waals surface area contributed by atoms with Crippen molar-refractivity contribution >= 4 is 5.91 Å². The van der Waals surface area contributed by atoms with Gasteiger partial charge in [-0.2, -0.15) is 0 Å². The highest BCUT2D eigenvalue weighted by Crippen LogP contribution is 2.14. The van der Waals surface area contributed by atoms with E-state index in [1.807, 2.05) is 13.8 Å². The lowest BCUT2D eigenvalue weighted by molar-refractivity contribution is -0.121. The van der Waals surface area contributed by atoms with E-state index in [0.29, 0.717) is 18.9 Å². The molecule has 100 valence electrons.